The molecule has 0 saturated carbocycles. The molecular formula is C9H11IO3. The summed E-state index contributed by atoms with van der Waals surface area (Å²) in [5.41, 5.74) is 0. The Labute approximate surface area is 90.5 Å². The third-order valence-corrected chi connectivity index (χ3v) is 2.43. The first-order chi connectivity index (χ1) is 6.27. The van der Waals surface area contributed by atoms with Crippen LogP contribution in [0.5, 0.6) is 5.75 Å². The molecular weight excluding hydrogens is 283 g/mol. The van der Waals surface area contributed by atoms with Gasteiger partial charge in [-0.15, -0.1) is 0 Å². The summed E-state index contributed by atoms with van der Waals surface area (Å²) in [4.78, 5) is 0. The van der Waals surface area contributed by atoms with E-state index in [0.29, 0.717) is 5.75 Å². The third-order valence-electron chi connectivity index (χ3n) is 1.54. The Morgan fingerprint density at radius 1 is 1.23 bits per heavy atom. The number of hydrogen-bond acceptors (Lipinski definition) is 3. The van der Waals surface area contributed by atoms with E-state index in [0.717, 1.165) is 3.57 Å². The molecule has 72 valence electrons. The van der Waals surface area contributed by atoms with Gasteiger partial charge in [0.05, 0.1) is 16.8 Å². The summed E-state index contributed by atoms with van der Waals surface area (Å²) >= 11 is 2.14. The van der Waals surface area contributed by atoms with Gasteiger partial charge in [-0.2, -0.15) is 0 Å². The van der Waals surface area contributed by atoms with Crippen molar-refractivity contribution in [3.05, 3.63) is 27.8 Å². The number of ether oxygens (including phenoxy) is 1. The van der Waals surface area contributed by atoms with Gasteiger partial charge in [-0.3, -0.25) is 0 Å². The van der Waals surface area contributed by atoms with Crippen molar-refractivity contribution in [2.24, 2.45) is 0 Å². The number of benzene rings is 1. The van der Waals surface area contributed by atoms with Gasteiger partial charge in [0.15, 0.2) is 0 Å². The molecule has 1 rings (SSSR count). The minimum atomic E-state index is -0.532. The summed E-state index contributed by atoms with van der Waals surface area (Å²) in [6.07, 6.45) is -0.532. The molecule has 0 unspecified atom stereocenters. The number of hydrogen-bond donors (Lipinski definition) is 2. The molecule has 4 heteroatoms. The maximum Gasteiger partial charge on any atom is 0.145 e. The topological polar surface area (TPSA) is 49.7 Å². The van der Waals surface area contributed by atoms with Crippen LogP contribution in [0.2, 0.25) is 0 Å². The monoisotopic (exact) mass is 294 g/mol. The molecule has 0 radical (unpaired) electrons. The second kappa shape index (κ2) is 5.41. The van der Waals surface area contributed by atoms with Crippen molar-refractivity contribution in [2.45, 2.75) is 6.10 Å². The lowest BCUT2D eigenvalue weighted by atomic mass is 10.3. The van der Waals surface area contributed by atoms with E-state index in [1.807, 2.05) is 18.2 Å². The molecule has 0 saturated heterocycles. The summed E-state index contributed by atoms with van der Waals surface area (Å²) in [5.74, 6) is 0.691. The fourth-order valence-corrected chi connectivity index (χ4v) is 1.37. The van der Waals surface area contributed by atoms with E-state index in [2.05, 4.69) is 22.6 Å². The smallest absolute Gasteiger partial charge is 0.145 e. The van der Waals surface area contributed by atoms with E-state index in [1.54, 1.807) is 6.07 Å². The Bertz CT molecular complexity index is 261. The van der Waals surface area contributed by atoms with Crippen LogP contribution in [0.3, 0.4) is 0 Å². The van der Waals surface area contributed by atoms with E-state index in [9.17, 15) is 0 Å². The molecule has 0 aliphatic carbocycles. The molecule has 0 atom stereocenters. The molecule has 0 heterocycles. The molecule has 3 nitrogen and oxygen atoms in total. The van der Waals surface area contributed by atoms with Crippen LogP contribution in [-0.2, 0) is 0 Å². The molecule has 1 aromatic carbocycles. The first-order valence-corrected chi connectivity index (χ1v) is 4.98. The lowest BCUT2D eigenvalue weighted by molar-refractivity contribution is 0.0623. The molecule has 0 amide bonds. The summed E-state index contributed by atoms with van der Waals surface area (Å²) in [5, 5.41) is 17.6. The van der Waals surface area contributed by atoms with Gasteiger partial charge in [0.2, 0.25) is 0 Å². The molecule has 0 aliphatic heterocycles. The molecule has 0 bridgehead atoms. The molecule has 1 aromatic rings. The summed E-state index contributed by atoms with van der Waals surface area (Å²) in [6.45, 7) is -0.358. The lowest BCUT2D eigenvalue weighted by Crippen LogP contribution is -2.25. The van der Waals surface area contributed by atoms with Gasteiger partial charge < -0.3 is 14.9 Å². The van der Waals surface area contributed by atoms with Crippen molar-refractivity contribution in [2.75, 3.05) is 13.2 Å². The number of halogens is 1. The molecule has 0 aliphatic rings. The Hall–Kier alpha value is -0.330. The van der Waals surface area contributed by atoms with E-state index in [1.165, 1.54) is 0 Å². The maximum atomic E-state index is 8.79. The van der Waals surface area contributed by atoms with Gasteiger partial charge >= 0.3 is 0 Å². The zero-order valence-electron chi connectivity index (χ0n) is 6.98. The largest absolute Gasteiger partial charge is 0.485 e. The van der Waals surface area contributed by atoms with E-state index < -0.39 is 6.10 Å². The zero-order chi connectivity index (χ0) is 9.68. The summed E-state index contributed by atoms with van der Waals surface area (Å²) < 4.78 is 6.30. The Morgan fingerprint density at radius 3 is 2.38 bits per heavy atom. The Morgan fingerprint density at radius 2 is 1.85 bits per heavy atom. The summed E-state index contributed by atoms with van der Waals surface area (Å²) in [7, 11) is 0. The Kier molecular flexibility index (Phi) is 4.47. The van der Waals surface area contributed by atoms with Gasteiger partial charge in [0, 0.05) is 0 Å². The van der Waals surface area contributed by atoms with Crippen LogP contribution in [-0.4, -0.2) is 29.5 Å². The van der Waals surface area contributed by atoms with Crippen molar-refractivity contribution < 1.29 is 14.9 Å². The van der Waals surface area contributed by atoms with Crippen molar-refractivity contribution in [3.63, 3.8) is 0 Å². The lowest BCUT2D eigenvalue weighted by Gasteiger charge is -2.14. The highest BCUT2D eigenvalue weighted by molar-refractivity contribution is 14.1. The highest BCUT2D eigenvalue weighted by Gasteiger charge is 2.08. The molecule has 0 aromatic heterocycles. The van der Waals surface area contributed by atoms with Crippen molar-refractivity contribution in [1.82, 2.24) is 0 Å². The van der Waals surface area contributed by atoms with Crippen molar-refractivity contribution in [3.8, 4) is 5.75 Å². The first-order valence-electron chi connectivity index (χ1n) is 3.91. The van der Waals surface area contributed by atoms with E-state index in [4.69, 9.17) is 14.9 Å². The average Bonchev–Trinajstić information content (AvgIpc) is 2.17. The van der Waals surface area contributed by atoms with Gasteiger partial charge in [-0.05, 0) is 34.7 Å². The predicted octanol–water partition coefficient (Wildman–Crippen LogP) is 1.02. The highest BCUT2D eigenvalue weighted by atomic mass is 127. The normalized spacial score (nSPS) is 10.5. The maximum absolute atomic E-state index is 8.79. The minimum absolute atomic E-state index is 0.179. The predicted molar refractivity (Wildman–Crippen MR) is 57.7 cm³/mol. The average molecular weight is 294 g/mol. The second-order valence-corrected chi connectivity index (χ2v) is 3.70. The first kappa shape index (κ1) is 10.7. The number of aliphatic hydroxyl groups excluding tert-OH is 2. The SMILES string of the molecule is OCC(CO)Oc1ccccc1I. The number of rotatable bonds is 4. The van der Waals surface area contributed by atoms with E-state index in [-0.39, 0.29) is 13.2 Å². The van der Waals surface area contributed by atoms with Gasteiger partial charge in [-0.1, -0.05) is 12.1 Å². The quantitative estimate of drug-likeness (QED) is 0.815. The van der Waals surface area contributed by atoms with Crippen LogP contribution in [0.4, 0.5) is 0 Å². The van der Waals surface area contributed by atoms with Crippen LogP contribution < -0.4 is 4.74 Å². The van der Waals surface area contributed by atoms with Crippen molar-refractivity contribution >= 4 is 22.6 Å². The number of aliphatic hydroxyl groups is 2. The zero-order valence-corrected chi connectivity index (χ0v) is 9.14. The van der Waals surface area contributed by atoms with Gasteiger partial charge in [0.25, 0.3) is 0 Å². The van der Waals surface area contributed by atoms with Crippen LogP contribution in [0.1, 0.15) is 0 Å². The number of para-hydroxylation sites is 1. The van der Waals surface area contributed by atoms with E-state index >= 15 is 0 Å². The van der Waals surface area contributed by atoms with Crippen LogP contribution in [0.25, 0.3) is 0 Å². The third kappa shape index (κ3) is 3.13. The highest BCUT2D eigenvalue weighted by Crippen LogP contribution is 2.20. The Balaban J connectivity index is 2.67. The second-order valence-electron chi connectivity index (χ2n) is 2.54. The molecule has 0 fully saturated rings. The molecule has 0 spiro atoms. The molecule has 2 N–H and O–H groups in total. The molecule has 13 heavy (non-hydrogen) atoms. The van der Waals surface area contributed by atoms with Crippen molar-refractivity contribution in [1.29, 1.82) is 0 Å². The van der Waals surface area contributed by atoms with Crippen LogP contribution in [0.15, 0.2) is 24.3 Å². The van der Waals surface area contributed by atoms with Crippen LogP contribution in [0, 0.1) is 3.57 Å². The standard InChI is InChI=1S/C9H11IO3/c10-8-3-1-2-4-9(8)13-7(5-11)6-12/h1-4,7,11-12H,5-6H2. The minimum Gasteiger partial charge on any atom is -0.485 e. The summed E-state index contributed by atoms with van der Waals surface area (Å²) in [6, 6.07) is 7.46. The fraction of sp³-hybridized carbons (Fsp3) is 0.333. The van der Waals surface area contributed by atoms with Gasteiger partial charge in [0.1, 0.15) is 11.9 Å². The fourth-order valence-electron chi connectivity index (χ4n) is 0.852. The van der Waals surface area contributed by atoms with Gasteiger partial charge in [-0.25, -0.2) is 0 Å². The van der Waals surface area contributed by atoms with Crippen LogP contribution >= 0.6 is 22.6 Å².